The third-order valence-electron chi connectivity index (χ3n) is 5.42. The van der Waals surface area contributed by atoms with E-state index in [0.29, 0.717) is 17.7 Å². The first kappa shape index (κ1) is 23.1. The molecule has 1 atom stereocenters. The molecule has 8 nitrogen and oxygen atoms in total. The number of Topliss-reactive ketones (excluding diaryl/α,β-unsaturated/α-hetero) is 2. The second-order valence-electron chi connectivity index (χ2n) is 7.29. The lowest BCUT2D eigenvalue weighted by Crippen LogP contribution is -2.39. The number of hydrogen-bond donors (Lipinski definition) is 1. The molecule has 1 unspecified atom stereocenters. The summed E-state index contributed by atoms with van der Waals surface area (Å²) in [6.45, 7) is 4.59. The molecule has 9 heteroatoms. The van der Waals surface area contributed by atoms with E-state index in [9.17, 15) is 14.4 Å². The average Bonchev–Trinajstić information content (AvgIpc) is 2.80. The lowest BCUT2D eigenvalue weighted by atomic mass is 9.82. The van der Waals surface area contributed by atoms with Gasteiger partial charge in [0.15, 0.2) is 17.3 Å². The van der Waals surface area contributed by atoms with Crippen molar-refractivity contribution in [3.05, 3.63) is 58.4 Å². The fourth-order valence-corrected chi connectivity index (χ4v) is 3.83. The third kappa shape index (κ3) is 4.72. The minimum Gasteiger partial charge on any atom is -0.455 e. The van der Waals surface area contributed by atoms with Gasteiger partial charge in [-0.25, -0.2) is 0 Å². The summed E-state index contributed by atoms with van der Waals surface area (Å²) < 4.78 is 16.2. The van der Waals surface area contributed by atoms with Crippen LogP contribution in [0.1, 0.15) is 27.1 Å². The Kier molecular flexibility index (Phi) is 7.61. The molecule has 1 saturated heterocycles. The highest BCUT2D eigenvalue weighted by Crippen LogP contribution is 2.34. The number of hydrogen-bond acceptors (Lipinski definition) is 7. The van der Waals surface area contributed by atoms with Crippen molar-refractivity contribution in [2.24, 2.45) is 0 Å². The average molecular weight is 449 g/mol. The molecule has 0 aromatic heterocycles. The van der Waals surface area contributed by atoms with Gasteiger partial charge in [0.05, 0.1) is 18.8 Å². The number of ether oxygens (including phenoxy) is 3. The fourth-order valence-electron chi connectivity index (χ4n) is 3.83. The van der Waals surface area contributed by atoms with Crippen molar-refractivity contribution >= 4 is 29.9 Å². The molecule has 0 radical (unpaired) electrons. The van der Waals surface area contributed by atoms with Crippen LogP contribution in [0, 0.1) is 0 Å². The summed E-state index contributed by atoms with van der Waals surface area (Å²) in [5.41, 5.74) is 0.913. The van der Waals surface area contributed by atoms with E-state index in [0.717, 1.165) is 39.3 Å². The van der Waals surface area contributed by atoms with Crippen LogP contribution in [-0.2, 0) is 19.0 Å². The van der Waals surface area contributed by atoms with Crippen molar-refractivity contribution in [2.75, 3.05) is 46.5 Å². The number of rotatable bonds is 6. The molecule has 1 aromatic rings. The largest absolute Gasteiger partial charge is 0.455 e. The quantitative estimate of drug-likeness (QED) is 0.659. The van der Waals surface area contributed by atoms with E-state index in [4.69, 9.17) is 14.2 Å². The predicted molar refractivity (Wildman–Crippen MR) is 114 cm³/mol. The zero-order chi connectivity index (χ0) is 21.1. The maximum atomic E-state index is 12.9. The van der Waals surface area contributed by atoms with E-state index >= 15 is 0 Å². The Hall–Kier alpha value is -2.52. The number of nitrogens with zero attached hydrogens (tertiary/aromatic N) is 1. The molecule has 1 amide bonds. The number of carbonyl (C=O) groups excluding carboxylic acids is 3. The monoisotopic (exact) mass is 448 g/mol. The number of methoxy groups -OCH3 is 1. The van der Waals surface area contributed by atoms with Crippen molar-refractivity contribution in [1.29, 1.82) is 0 Å². The Bertz CT molecular complexity index is 936. The van der Waals surface area contributed by atoms with Gasteiger partial charge in [0.1, 0.15) is 0 Å². The Morgan fingerprint density at radius 3 is 2.52 bits per heavy atom. The molecule has 1 N–H and O–H groups in total. The first-order valence-corrected chi connectivity index (χ1v) is 10.0. The topological polar surface area (TPSA) is 94.2 Å². The summed E-state index contributed by atoms with van der Waals surface area (Å²) in [6.07, 6.45) is 1.02. The highest BCUT2D eigenvalue weighted by Gasteiger charge is 2.40. The number of ketones is 2. The van der Waals surface area contributed by atoms with Crippen molar-refractivity contribution in [3.63, 3.8) is 0 Å². The number of benzene rings is 1. The van der Waals surface area contributed by atoms with E-state index in [1.54, 1.807) is 24.3 Å². The van der Waals surface area contributed by atoms with Crippen LogP contribution in [0.5, 0.6) is 0 Å². The number of morpholine rings is 1. The maximum absolute atomic E-state index is 12.9. The van der Waals surface area contributed by atoms with Gasteiger partial charge in [-0.05, 0) is 19.0 Å². The van der Waals surface area contributed by atoms with Gasteiger partial charge in [-0.2, -0.15) is 0 Å². The molecule has 1 fully saturated rings. The van der Waals surface area contributed by atoms with Gasteiger partial charge < -0.3 is 19.5 Å². The molecule has 0 spiro atoms. The summed E-state index contributed by atoms with van der Waals surface area (Å²) in [5.74, 6) is -1.12. The van der Waals surface area contributed by atoms with Crippen molar-refractivity contribution < 1.29 is 28.6 Å². The zero-order valence-electron chi connectivity index (χ0n) is 17.2. The number of carbonyl (C=O) groups is 3. The van der Waals surface area contributed by atoms with Crippen LogP contribution >= 0.6 is 12.4 Å². The Labute approximate surface area is 186 Å². The normalized spacial score (nSPS) is 20.8. The van der Waals surface area contributed by atoms with Crippen LogP contribution < -0.4 is 5.32 Å². The van der Waals surface area contributed by atoms with Crippen LogP contribution in [0.4, 0.5) is 0 Å². The number of amides is 1. The number of halogens is 1. The highest BCUT2D eigenvalue weighted by atomic mass is 35.5. The summed E-state index contributed by atoms with van der Waals surface area (Å²) in [7, 11) is 1.37. The second kappa shape index (κ2) is 10.2. The van der Waals surface area contributed by atoms with Gasteiger partial charge in [0, 0.05) is 43.4 Å². The summed E-state index contributed by atoms with van der Waals surface area (Å²) >= 11 is 0. The zero-order valence-corrected chi connectivity index (χ0v) is 18.0. The van der Waals surface area contributed by atoms with E-state index in [-0.39, 0.29) is 40.9 Å². The summed E-state index contributed by atoms with van der Waals surface area (Å²) in [4.78, 5) is 40.7. The second-order valence-corrected chi connectivity index (χ2v) is 7.29. The van der Waals surface area contributed by atoms with Crippen LogP contribution in [-0.4, -0.2) is 75.2 Å². The van der Waals surface area contributed by atoms with Gasteiger partial charge in [-0.1, -0.05) is 24.3 Å². The molecule has 0 bridgehead atoms. The van der Waals surface area contributed by atoms with Crippen molar-refractivity contribution in [3.8, 4) is 0 Å². The minimum atomic E-state index is -1.11. The molecular formula is C22H25ClN2O6. The van der Waals surface area contributed by atoms with Crippen LogP contribution in [0.15, 0.2) is 47.2 Å². The summed E-state index contributed by atoms with van der Waals surface area (Å²) in [5, 5.41) is 2.81. The number of allylic oxidation sites excluding steroid dienone is 2. The highest BCUT2D eigenvalue weighted by molar-refractivity contribution is 6.28. The molecule has 1 aliphatic carbocycles. The molecule has 0 saturated carbocycles. The Morgan fingerprint density at radius 1 is 1.16 bits per heavy atom. The molecular weight excluding hydrogens is 424 g/mol. The lowest BCUT2D eigenvalue weighted by molar-refractivity contribution is -0.128. The van der Waals surface area contributed by atoms with Crippen molar-refractivity contribution in [1.82, 2.24) is 10.2 Å². The number of nitrogens with one attached hydrogen (secondary N) is 1. The predicted octanol–water partition coefficient (Wildman–Crippen LogP) is 1.51. The molecule has 3 aliphatic rings. The van der Waals surface area contributed by atoms with E-state index in [1.807, 2.05) is 0 Å². The summed E-state index contributed by atoms with van der Waals surface area (Å²) in [6, 6.07) is 6.61. The maximum Gasteiger partial charge on any atom is 0.286 e. The van der Waals surface area contributed by atoms with Gasteiger partial charge in [-0.3, -0.25) is 19.3 Å². The smallest absolute Gasteiger partial charge is 0.286 e. The third-order valence-corrected chi connectivity index (χ3v) is 5.42. The van der Waals surface area contributed by atoms with Gasteiger partial charge >= 0.3 is 0 Å². The Morgan fingerprint density at radius 2 is 1.84 bits per heavy atom. The molecule has 4 rings (SSSR count). The first-order valence-electron chi connectivity index (χ1n) is 10.0. The van der Waals surface area contributed by atoms with Gasteiger partial charge in [0.25, 0.3) is 5.91 Å². The Balaban J connectivity index is 0.00000272. The fraction of sp³-hybridized carbons (Fsp3) is 0.409. The van der Waals surface area contributed by atoms with E-state index < -0.39 is 12.2 Å². The van der Waals surface area contributed by atoms with Crippen LogP contribution in [0.2, 0.25) is 0 Å². The first-order chi connectivity index (χ1) is 14.6. The molecule has 2 heterocycles. The van der Waals surface area contributed by atoms with E-state index in [2.05, 4.69) is 10.2 Å². The standard InChI is InChI=1S/C22H24N2O6.ClH/c1-28-22-18-16(19(25)14-5-2-3-6-15(14)20(18)26)13-17(30-22)21(27)23-7-4-8-24-9-11-29-12-10-24;/h2-3,5-6,13,22H,4,7-12H2,1H3,(H,23,27);1H. The SMILES string of the molecule is COC1OC(C(=O)NCCCN2CCOCC2)=CC2=C1C(=O)c1ccccc1C2=O.Cl. The number of fused-ring (bicyclic) bond motifs is 1. The van der Waals surface area contributed by atoms with Gasteiger partial charge in [0.2, 0.25) is 6.29 Å². The van der Waals surface area contributed by atoms with E-state index in [1.165, 1.54) is 13.2 Å². The lowest BCUT2D eigenvalue weighted by Gasteiger charge is -2.29. The minimum absolute atomic E-state index is 0. The molecule has 31 heavy (non-hydrogen) atoms. The molecule has 2 aliphatic heterocycles. The van der Waals surface area contributed by atoms with Crippen molar-refractivity contribution in [2.45, 2.75) is 12.7 Å². The van der Waals surface area contributed by atoms with Crippen LogP contribution in [0.3, 0.4) is 0 Å². The van der Waals surface area contributed by atoms with Gasteiger partial charge in [-0.15, -0.1) is 12.4 Å². The van der Waals surface area contributed by atoms with Crippen LogP contribution in [0.25, 0.3) is 0 Å². The molecule has 1 aromatic carbocycles. The molecule has 166 valence electrons.